The molecule has 0 aliphatic heterocycles. The van der Waals surface area contributed by atoms with Crippen molar-refractivity contribution in [2.75, 3.05) is 18.0 Å². The molecule has 0 unspecified atom stereocenters. The third kappa shape index (κ3) is 4.89. The van der Waals surface area contributed by atoms with E-state index in [0.717, 1.165) is 65.3 Å². The summed E-state index contributed by atoms with van der Waals surface area (Å²) in [6.45, 7) is 13.0. The Hall–Kier alpha value is -2.69. The van der Waals surface area contributed by atoms with Crippen molar-refractivity contribution in [2.45, 2.75) is 66.7 Å². The van der Waals surface area contributed by atoms with Gasteiger partial charge >= 0.3 is 0 Å². The normalized spacial score (nSPS) is 12.0. The van der Waals surface area contributed by atoms with Crippen LogP contribution in [-0.2, 0) is 0 Å². The highest BCUT2D eigenvalue weighted by Crippen LogP contribution is 2.30. The molecule has 1 N–H and O–H groups in total. The number of benzene rings is 1. The van der Waals surface area contributed by atoms with Crippen molar-refractivity contribution in [1.29, 1.82) is 0 Å². The monoisotopic (exact) mass is 405 g/mol. The fourth-order valence-electron chi connectivity index (χ4n) is 3.74. The minimum Gasteiger partial charge on any atom is -0.356 e. The largest absolute Gasteiger partial charge is 0.356 e. The second-order valence-electron chi connectivity index (χ2n) is 8.06. The Morgan fingerprint density at radius 2 is 1.90 bits per heavy atom. The van der Waals surface area contributed by atoms with E-state index in [4.69, 9.17) is 9.97 Å². The molecule has 0 aliphatic carbocycles. The number of hydrogen-bond acceptors (Lipinski definition) is 4. The molecule has 0 aliphatic rings. The van der Waals surface area contributed by atoms with E-state index in [-0.39, 0.29) is 0 Å². The molecule has 30 heavy (non-hydrogen) atoms. The van der Waals surface area contributed by atoms with Gasteiger partial charge in [-0.2, -0.15) is 5.10 Å². The quantitative estimate of drug-likeness (QED) is 0.389. The third-order valence-electron chi connectivity index (χ3n) is 5.65. The number of nitrogens with zero attached hydrogens (tertiary/aromatic N) is 4. The number of aromatic nitrogens is 4. The number of aromatic amines is 1. The molecule has 0 bridgehead atoms. The Morgan fingerprint density at radius 3 is 2.63 bits per heavy atom. The van der Waals surface area contributed by atoms with Gasteiger partial charge in [-0.25, -0.2) is 9.97 Å². The number of fused-ring (bicyclic) bond motifs is 1. The number of nitrogens with one attached hydrogen (secondary N) is 1. The Labute approximate surface area is 180 Å². The Bertz CT molecular complexity index is 1000. The van der Waals surface area contributed by atoms with E-state index in [9.17, 15) is 0 Å². The zero-order chi connectivity index (χ0) is 21.5. The number of rotatable bonds is 10. The van der Waals surface area contributed by atoms with Gasteiger partial charge in [-0.3, -0.25) is 5.10 Å². The maximum atomic E-state index is 5.11. The predicted octanol–water partition coefficient (Wildman–Crippen LogP) is 6.55. The molecule has 0 saturated heterocycles. The van der Waals surface area contributed by atoms with Crippen molar-refractivity contribution >= 4 is 22.8 Å². The molecule has 0 fully saturated rings. The lowest BCUT2D eigenvalue weighted by molar-refractivity contribution is 0.661. The van der Waals surface area contributed by atoms with Crippen LogP contribution in [0, 0.1) is 6.92 Å². The molecular formula is C25H35N5. The summed E-state index contributed by atoms with van der Waals surface area (Å²) in [5.41, 5.74) is 5.54. The molecule has 2 aromatic heterocycles. The summed E-state index contributed by atoms with van der Waals surface area (Å²) >= 11 is 0. The molecule has 0 spiro atoms. The van der Waals surface area contributed by atoms with Crippen LogP contribution in [0.25, 0.3) is 28.4 Å². The molecule has 0 amide bonds. The predicted molar refractivity (Wildman–Crippen MR) is 128 cm³/mol. The second kappa shape index (κ2) is 10.4. The van der Waals surface area contributed by atoms with Crippen LogP contribution in [0.3, 0.4) is 0 Å². The summed E-state index contributed by atoms with van der Waals surface area (Å²) in [7, 11) is 0. The highest BCUT2D eigenvalue weighted by molar-refractivity contribution is 5.92. The molecule has 160 valence electrons. The molecule has 5 heteroatoms. The maximum Gasteiger partial charge on any atom is 0.162 e. The molecule has 0 atom stereocenters. The number of anilines is 1. The highest BCUT2D eigenvalue weighted by Gasteiger charge is 2.18. The second-order valence-corrected chi connectivity index (χ2v) is 8.06. The van der Waals surface area contributed by atoms with Crippen LogP contribution in [0.2, 0.25) is 0 Å². The molecule has 0 saturated carbocycles. The van der Waals surface area contributed by atoms with Crippen molar-refractivity contribution in [2.24, 2.45) is 0 Å². The fourth-order valence-corrected chi connectivity index (χ4v) is 3.74. The van der Waals surface area contributed by atoms with E-state index in [1.165, 1.54) is 24.8 Å². The van der Waals surface area contributed by atoms with Crippen molar-refractivity contribution in [1.82, 2.24) is 20.2 Å². The minimum atomic E-state index is 0.773. The van der Waals surface area contributed by atoms with Crippen molar-refractivity contribution < 1.29 is 0 Å². The Balaban J connectivity index is 2.16. The zero-order valence-corrected chi connectivity index (χ0v) is 19.1. The first kappa shape index (κ1) is 22.0. The molecule has 5 nitrogen and oxygen atoms in total. The van der Waals surface area contributed by atoms with Crippen LogP contribution in [0.4, 0.5) is 5.82 Å². The van der Waals surface area contributed by atoms with Crippen LogP contribution in [0.1, 0.15) is 71.1 Å². The fraction of sp³-hybridized carbons (Fsp3) is 0.480. The zero-order valence-electron chi connectivity index (χ0n) is 19.1. The molecular weight excluding hydrogens is 370 g/mol. The van der Waals surface area contributed by atoms with Gasteiger partial charge in [0.15, 0.2) is 5.82 Å². The number of hydrogen-bond donors (Lipinski definition) is 1. The van der Waals surface area contributed by atoms with Gasteiger partial charge in [0.25, 0.3) is 0 Å². The van der Waals surface area contributed by atoms with E-state index >= 15 is 0 Å². The third-order valence-corrected chi connectivity index (χ3v) is 5.65. The van der Waals surface area contributed by atoms with Gasteiger partial charge in [-0.15, -0.1) is 0 Å². The van der Waals surface area contributed by atoms with Gasteiger partial charge < -0.3 is 4.90 Å². The standard InChI is InChI=1S/C25H35N5/c1-6-9-10-15-30(14-7-2)25-19(5)23(16-18(4)8-3)27-24(28-25)20-12-11-13-22-21(20)17-26-29-22/h11-13,16-17H,6-10,14-15H2,1-5H3,(H,26,29)/b18-16+. The van der Waals surface area contributed by atoms with Gasteiger partial charge in [0, 0.05) is 29.6 Å². The van der Waals surface area contributed by atoms with Crippen LogP contribution in [-0.4, -0.2) is 33.3 Å². The summed E-state index contributed by atoms with van der Waals surface area (Å²) < 4.78 is 0. The van der Waals surface area contributed by atoms with Gasteiger partial charge in [0.2, 0.25) is 0 Å². The molecule has 3 rings (SSSR count). The number of unbranched alkanes of at least 4 members (excludes halogenated alkanes) is 2. The van der Waals surface area contributed by atoms with Gasteiger partial charge in [0.1, 0.15) is 5.82 Å². The number of H-pyrrole nitrogens is 1. The summed E-state index contributed by atoms with van der Waals surface area (Å²) in [6, 6.07) is 6.17. The van der Waals surface area contributed by atoms with Gasteiger partial charge in [-0.1, -0.05) is 51.3 Å². The first-order valence-electron chi connectivity index (χ1n) is 11.3. The SMILES string of the molecule is CCCCCN(CCC)c1nc(-c2cccc3[nH]ncc23)nc(/C=C(\C)CC)c1C. The molecule has 0 radical (unpaired) electrons. The van der Waals surface area contributed by atoms with Crippen LogP contribution >= 0.6 is 0 Å². The first-order valence-corrected chi connectivity index (χ1v) is 11.3. The van der Waals surface area contributed by atoms with Crippen molar-refractivity contribution in [3.8, 4) is 11.4 Å². The van der Waals surface area contributed by atoms with E-state index in [2.05, 4.69) is 61.9 Å². The number of allylic oxidation sites excluding steroid dienone is 1. The smallest absolute Gasteiger partial charge is 0.162 e. The van der Waals surface area contributed by atoms with E-state index in [0.29, 0.717) is 0 Å². The van der Waals surface area contributed by atoms with Crippen molar-refractivity contribution in [3.05, 3.63) is 41.2 Å². The molecule has 3 aromatic rings. The summed E-state index contributed by atoms with van der Waals surface area (Å²) in [6.07, 6.45) is 9.85. The maximum absolute atomic E-state index is 5.11. The summed E-state index contributed by atoms with van der Waals surface area (Å²) in [5.74, 6) is 1.84. The lowest BCUT2D eigenvalue weighted by atomic mass is 10.1. The van der Waals surface area contributed by atoms with Gasteiger partial charge in [-0.05, 0) is 45.3 Å². The van der Waals surface area contributed by atoms with E-state index < -0.39 is 0 Å². The van der Waals surface area contributed by atoms with Crippen molar-refractivity contribution in [3.63, 3.8) is 0 Å². The average Bonchev–Trinajstić information content (AvgIpc) is 3.23. The van der Waals surface area contributed by atoms with Gasteiger partial charge in [0.05, 0.1) is 17.4 Å². The summed E-state index contributed by atoms with van der Waals surface area (Å²) in [5, 5.41) is 8.34. The minimum absolute atomic E-state index is 0.773. The average molecular weight is 406 g/mol. The molecule has 1 aromatic carbocycles. The van der Waals surface area contributed by atoms with E-state index in [1.54, 1.807) is 0 Å². The lowest BCUT2D eigenvalue weighted by Crippen LogP contribution is -2.27. The summed E-state index contributed by atoms with van der Waals surface area (Å²) in [4.78, 5) is 12.6. The Morgan fingerprint density at radius 1 is 1.07 bits per heavy atom. The lowest BCUT2D eigenvalue weighted by Gasteiger charge is -2.26. The topological polar surface area (TPSA) is 57.7 Å². The highest BCUT2D eigenvalue weighted by atomic mass is 15.2. The van der Waals surface area contributed by atoms with E-state index in [1.807, 2.05) is 18.3 Å². The van der Waals surface area contributed by atoms with Crippen LogP contribution in [0.5, 0.6) is 0 Å². The molecule has 2 heterocycles. The first-order chi connectivity index (χ1) is 14.6. The van der Waals surface area contributed by atoms with Crippen LogP contribution in [0.15, 0.2) is 30.0 Å². The van der Waals surface area contributed by atoms with Crippen LogP contribution < -0.4 is 4.90 Å². The Kier molecular flexibility index (Phi) is 7.61.